The molecule has 1 unspecified atom stereocenters. The highest BCUT2D eigenvalue weighted by Crippen LogP contribution is 2.19. The molecule has 126 valence electrons. The zero-order valence-corrected chi connectivity index (χ0v) is 14.1. The van der Waals surface area contributed by atoms with Crippen LogP contribution in [-0.4, -0.2) is 31.5 Å². The first-order valence-electron chi connectivity index (χ1n) is 7.99. The molecule has 0 saturated carbocycles. The van der Waals surface area contributed by atoms with Crippen LogP contribution in [0.4, 0.5) is 0 Å². The number of hydrogen-bond acceptors (Lipinski definition) is 6. The number of hydrogen-bond donors (Lipinski definition) is 0. The smallest absolute Gasteiger partial charge is 0.248 e. The second kappa shape index (κ2) is 7.35. The molecular formula is C17H21N5O2. The summed E-state index contributed by atoms with van der Waals surface area (Å²) >= 11 is 0. The maximum absolute atomic E-state index is 5.72. The molecule has 0 aliphatic heterocycles. The summed E-state index contributed by atoms with van der Waals surface area (Å²) in [5.41, 5.74) is 2.01. The quantitative estimate of drug-likeness (QED) is 0.663. The Bertz CT molecular complexity index is 766. The molecule has 0 spiro atoms. The van der Waals surface area contributed by atoms with Crippen molar-refractivity contribution < 1.29 is 9.26 Å². The third kappa shape index (κ3) is 3.86. The molecule has 3 aromatic rings. The van der Waals surface area contributed by atoms with E-state index < -0.39 is 0 Å². The van der Waals surface area contributed by atoms with E-state index in [9.17, 15) is 0 Å². The van der Waals surface area contributed by atoms with Crippen molar-refractivity contribution in [2.45, 2.75) is 33.4 Å². The lowest BCUT2D eigenvalue weighted by molar-refractivity contribution is 0.0402. The molecule has 0 bridgehead atoms. The Morgan fingerprint density at radius 2 is 1.92 bits per heavy atom. The van der Waals surface area contributed by atoms with Gasteiger partial charge in [0.25, 0.3) is 0 Å². The maximum atomic E-state index is 5.72. The van der Waals surface area contributed by atoms with Gasteiger partial charge in [-0.05, 0) is 31.0 Å². The molecule has 0 aliphatic rings. The molecule has 1 atom stereocenters. The third-order valence-electron chi connectivity index (χ3n) is 3.50. The van der Waals surface area contributed by atoms with E-state index in [4.69, 9.17) is 9.26 Å². The Kier molecular flexibility index (Phi) is 5.00. The summed E-state index contributed by atoms with van der Waals surface area (Å²) in [6, 6.07) is 5.82. The molecule has 0 amide bonds. The van der Waals surface area contributed by atoms with Crippen molar-refractivity contribution in [3.8, 4) is 11.3 Å². The Labute approximate surface area is 140 Å². The van der Waals surface area contributed by atoms with Gasteiger partial charge in [0.15, 0.2) is 5.82 Å². The molecule has 3 heterocycles. The first-order chi connectivity index (χ1) is 11.6. The van der Waals surface area contributed by atoms with E-state index in [0.717, 1.165) is 11.3 Å². The summed E-state index contributed by atoms with van der Waals surface area (Å²) in [7, 11) is 0. The van der Waals surface area contributed by atoms with E-state index in [0.29, 0.717) is 30.8 Å². The van der Waals surface area contributed by atoms with Gasteiger partial charge in [-0.2, -0.15) is 10.1 Å². The highest BCUT2D eigenvalue weighted by molar-refractivity contribution is 5.58. The number of rotatable bonds is 7. The Morgan fingerprint density at radius 3 is 2.67 bits per heavy atom. The summed E-state index contributed by atoms with van der Waals surface area (Å²) in [6.07, 6.45) is 5.07. The topological polar surface area (TPSA) is 78.9 Å². The molecule has 7 heteroatoms. The molecule has 3 rings (SSSR count). The Hall–Kier alpha value is -2.54. The average Bonchev–Trinajstić information content (AvgIpc) is 3.23. The molecular weight excluding hydrogens is 306 g/mol. The van der Waals surface area contributed by atoms with Gasteiger partial charge in [0.2, 0.25) is 5.89 Å². The summed E-state index contributed by atoms with van der Waals surface area (Å²) < 4.78 is 12.9. The number of pyridine rings is 1. The van der Waals surface area contributed by atoms with Gasteiger partial charge >= 0.3 is 0 Å². The second-order valence-electron chi connectivity index (χ2n) is 6.03. The van der Waals surface area contributed by atoms with Crippen molar-refractivity contribution in [2.24, 2.45) is 5.92 Å². The van der Waals surface area contributed by atoms with E-state index in [1.165, 1.54) is 0 Å². The minimum Gasteiger partial charge on any atom is -0.370 e. The lowest BCUT2D eigenvalue weighted by Gasteiger charge is -2.10. The van der Waals surface area contributed by atoms with Crippen LogP contribution < -0.4 is 0 Å². The van der Waals surface area contributed by atoms with Crippen LogP contribution >= 0.6 is 0 Å². The SMILES string of the molecule is CC(C)COC(C)c1noc(Cn2nccc2-c2ccncc2)n1. The molecule has 0 radical (unpaired) electrons. The first-order valence-corrected chi connectivity index (χ1v) is 7.99. The molecule has 0 aromatic carbocycles. The third-order valence-corrected chi connectivity index (χ3v) is 3.50. The molecule has 0 aliphatic carbocycles. The van der Waals surface area contributed by atoms with Crippen LogP contribution in [0.15, 0.2) is 41.3 Å². The van der Waals surface area contributed by atoms with E-state index in [1.807, 2.05) is 29.8 Å². The summed E-state index contributed by atoms with van der Waals surface area (Å²) in [6.45, 7) is 7.21. The molecule has 0 N–H and O–H groups in total. The van der Waals surface area contributed by atoms with E-state index in [2.05, 4.69) is 34.1 Å². The number of aromatic nitrogens is 5. The van der Waals surface area contributed by atoms with Gasteiger partial charge in [0.05, 0.1) is 5.69 Å². The van der Waals surface area contributed by atoms with Gasteiger partial charge in [-0.15, -0.1) is 0 Å². The largest absolute Gasteiger partial charge is 0.370 e. The predicted molar refractivity (Wildman–Crippen MR) is 88.1 cm³/mol. The predicted octanol–water partition coefficient (Wildman–Crippen LogP) is 3.11. The van der Waals surface area contributed by atoms with Crippen LogP contribution in [0.1, 0.15) is 38.6 Å². The molecule has 0 fully saturated rings. The summed E-state index contributed by atoms with van der Waals surface area (Å²) in [5.74, 6) is 1.53. The molecule has 3 aromatic heterocycles. The standard InChI is InChI=1S/C17H21N5O2/c1-12(2)11-23-13(3)17-20-16(24-21-17)10-22-15(6-9-19-22)14-4-7-18-8-5-14/h4-9,12-13H,10-11H2,1-3H3. The zero-order chi connectivity index (χ0) is 16.9. The van der Waals surface area contributed by atoms with Gasteiger partial charge in [-0.3, -0.25) is 9.67 Å². The van der Waals surface area contributed by atoms with Crippen LogP contribution in [-0.2, 0) is 11.3 Å². The Balaban J connectivity index is 1.71. The second-order valence-corrected chi connectivity index (χ2v) is 6.03. The number of nitrogens with zero attached hydrogens (tertiary/aromatic N) is 5. The first kappa shape index (κ1) is 16.3. The van der Waals surface area contributed by atoms with Crippen LogP contribution in [0.3, 0.4) is 0 Å². The highest BCUT2D eigenvalue weighted by Gasteiger charge is 2.16. The lowest BCUT2D eigenvalue weighted by atomic mass is 10.2. The minimum atomic E-state index is -0.192. The van der Waals surface area contributed by atoms with Gasteiger partial charge < -0.3 is 9.26 Å². The Morgan fingerprint density at radius 1 is 1.12 bits per heavy atom. The fourth-order valence-electron chi connectivity index (χ4n) is 2.26. The van der Waals surface area contributed by atoms with Crippen molar-refractivity contribution in [3.05, 3.63) is 48.5 Å². The fourth-order valence-corrected chi connectivity index (χ4v) is 2.26. The van der Waals surface area contributed by atoms with Crippen LogP contribution in [0.5, 0.6) is 0 Å². The molecule has 0 saturated heterocycles. The minimum absolute atomic E-state index is 0.192. The van der Waals surface area contributed by atoms with Crippen molar-refractivity contribution in [1.82, 2.24) is 24.9 Å². The van der Waals surface area contributed by atoms with Crippen molar-refractivity contribution in [2.75, 3.05) is 6.61 Å². The van der Waals surface area contributed by atoms with Crippen molar-refractivity contribution in [3.63, 3.8) is 0 Å². The maximum Gasteiger partial charge on any atom is 0.248 e. The van der Waals surface area contributed by atoms with Gasteiger partial charge in [-0.1, -0.05) is 19.0 Å². The van der Waals surface area contributed by atoms with E-state index in [-0.39, 0.29) is 6.10 Å². The van der Waals surface area contributed by atoms with Crippen LogP contribution in [0.2, 0.25) is 0 Å². The monoisotopic (exact) mass is 327 g/mol. The van der Waals surface area contributed by atoms with E-state index >= 15 is 0 Å². The summed E-state index contributed by atoms with van der Waals surface area (Å²) in [4.78, 5) is 8.46. The molecule has 7 nitrogen and oxygen atoms in total. The van der Waals surface area contributed by atoms with Crippen LogP contribution in [0, 0.1) is 5.92 Å². The van der Waals surface area contributed by atoms with Crippen LogP contribution in [0.25, 0.3) is 11.3 Å². The highest BCUT2D eigenvalue weighted by atomic mass is 16.5. The zero-order valence-electron chi connectivity index (χ0n) is 14.1. The fraction of sp³-hybridized carbons (Fsp3) is 0.412. The van der Waals surface area contributed by atoms with Gasteiger partial charge in [0.1, 0.15) is 12.6 Å². The van der Waals surface area contributed by atoms with Gasteiger partial charge in [0, 0.05) is 30.8 Å². The number of ether oxygens (including phenoxy) is 1. The lowest BCUT2D eigenvalue weighted by Crippen LogP contribution is -2.08. The van der Waals surface area contributed by atoms with E-state index in [1.54, 1.807) is 18.6 Å². The average molecular weight is 327 g/mol. The normalized spacial score (nSPS) is 12.7. The summed E-state index contributed by atoms with van der Waals surface area (Å²) in [5, 5.41) is 8.35. The van der Waals surface area contributed by atoms with Gasteiger partial charge in [-0.25, -0.2) is 0 Å². The van der Waals surface area contributed by atoms with Crippen molar-refractivity contribution in [1.29, 1.82) is 0 Å². The molecule has 24 heavy (non-hydrogen) atoms. The van der Waals surface area contributed by atoms with Crippen molar-refractivity contribution >= 4 is 0 Å².